The van der Waals surface area contributed by atoms with Crippen LogP contribution in [0.25, 0.3) is 10.9 Å². The van der Waals surface area contributed by atoms with Crippen molar-refractivity contribution < 1.29 is 14.6 Å². The largest absolute Gasteiger partial charge is 0.505 e. The number of aryl methyl sites for hydroxylation is 2. The molecule has 0 spiro atoms. The van der Waals surface area contributed by atoms with Gasteiger partial charge in [-0.15, -0.1) is 0 Å². The Morgan fingerprint density at radius 1 is 0.906 bits per heavy atom. The molecule has 0 aliphatic heterocycles. The number of aromatic hydroxyl groups is 1. The first-order chi connectivity index (χ1) is 15.5. The van der Waals surface area contributed by atoms with Gasteiger partial charge in [0.15, 0.2) is 11.5 Å². The molecular formula is C26H27N3O3. The van der Waals surface area contributed by atoms with Crippen molar-refractivity contribution in [1.29, 1.82) is 0 Å². The molecule has 6 heteroatoms. The molecule has 2 aromatic heterocycles. The number of fused-ring (bicyclic) bond motifs is 1. The Hall–Kier alpha value is -3.80. The Balaban J connectivity index is 1.92. The van der Waals surface area contributed by atoms with Crippen molar-refractivity contribution in [3.8, 4) is 17.2 Å². The second-order valence-corrected chi connectivity index (χ2v) is 7.58. The van der Waals surface area contributed by atoms with Crippen LogP contribution in [0.15, 0.2) is 60.7 Å². The van der Waals surface area contributed by atoms with Crippen LogP contribution in [0.1, 0.15) is 35.5 Å². The summed E-state index contributed by atoms with van der Waals surface area (Å²) in [7, 11) is 1.62. The van der Waals surface area contributed by atoms with E-state index in [-0.39, 0.29) is 5.75 Å². The molecule has 0 bridgehead atoms. The average Bonchev–Trinajstić information content (AvgIpc) is 2.79. The highest BCUT2D eigenvalue weighted by Gasteiger charge is 2.25. The number of benzene rings is 2. The standard InChI is InChI=1S/C26H27N3O3/c1-5-32-21-10-7-9-20(26(21)31-4)24(29-22-11-6-8-16(2)27-22)19-15-14-18-13-12-17(3)28-23(18)25(19)30/h6-15,24,30H,5H2,1-4H3,(H,27,29). The second kappa shape index (κ2) is 9.14. The molecule has 164 valence electrons. The van der Waals surface area contributed by atoms with Crippen molar-refractivity contribution in [3.63, 3.8) is 0 Å². The number of aromatic nitrogens is 2. The minimum atomic E-state index is -0.452. The Kier molecular flexibility index (Phi) is 6.12. The SMILES string of the molecule is CCOc1cccc(C(Nc2cccc(C)n2)c2ccc3ccc(C)nc3c2O)c1OC. The van der Waals surface area contributed by atoms with Crippen LogP contribution in [0.3, 0.4) is 0 Å². The summed E-state index contributed by atoms with van der Waals surface area (Å²) < 4.78 is 11.6. The maximum absolute atomic E-state index is 11.3. The zero-order chi connectivity index (χ0) is 22.7. The van der Waals surface area contributed by atoms with E-state index in [0.717, 1.165) is 22.3 Å². The predicted molar refractivity (Wildman–Crippen MR) is 127 cm³/mol. The van der Waals surface area contributed by atoms with Crippen molar-refractivity contribution in [1.82, 2.24) is 9.97 Å². The molecular weight excluding hydrogens is 402 g/mol. The first-order valence-corrected chi connectivity index (χ1v) is 10.6. The fraction of sp³-hybridized carbons (Fsp3) is 0.231. The molecule has 1 atom stereocenters. The van der Waals surface area contributed by atoms with Gasteiger partial charge >= 0.3 is 0 Å². The van der Waals surface area contributed by atoms with E-state index in [1.807, 2.05) is 81.4 Å². The van der Waals surface area contributed by atoms with Crippen LogP contribution in [0.5, 0.6) is 17.2 Å². The maximum atomic E-state index is 11.3. The second-order valence-electron chi connectivity index (χ2n) is 7.58. The molecule has 0 amide bonds. The van der Waals surface area contributed by atoms with Gasteiger partial charge in [-0.25, -0.2) is 9.97 Å². The van der Waals surface area contributed by atoms with Crippen molar-refractivity contribution in [2.24, 2.45) is 0 Å². The molecule has 0 saturated carbocycles. The summed E-state index contributed by atoms with van der Waals surface area (Å²) in [4.78, 5) is 9.18. The van der Waals surface area contributed by atoms with Gasteiger partial charge in [-0.05, 0) is 45.0 Å². The molecule has 0 aliphatic rings. The highest BCUT2D eigenvalue weighted by atomic mass is 16.5. The van der Waals surface area contributed by atoms with Gasteiger partial charge < -0.3 is 19.9 Å². The number of pyridine rings is 2. The minimum Gasteiger partial charge on any atom is -0.505 e. The monoisotopic (exact) mass is 429 g/mol. The van der Waals surface area contributed by atoms with Crippen LogP contribution >= 0.6 is 0 Å². The Morgan fingerprint density at radius 2 is 1.66 bits per heavy atom. The lowest BCUT2D eigenvalue weighted by atomic mass is 9.95. The van der Waals surface area contributed by atoms with E-state index >= 15 is 0 Å². The van der Waals surface area contributed by atoms with Crippen LogP contribution in [-0.4, -0.2) is 28.8 Å². The Labute approximate surface area is 187 Å². The fourth-order valence-electron chi connectivity index (χ4n) is 3.86. The summed E-state index contributed by atoms with van der Waals surface area (Å²) in [6, 6.07) is 18.9. The summed E-state index contributed by atoms with van der Waals surface area (Å²) in [5.74, 6) is 2.07. The molecule has 2 N–H and O–H groups in total. The average molecular weight is 430 g/mol. The predicted octanol–water partition coefficient (Wildman–Crippen LogP) is 5.56. The van der Waals surface area contributed by atoms with Gasteiger partial charge in [0.1, 0.15) is 17.1 Å². The topological polar surface area (TPSA) is 76.5 Å². The van der Waals surface area contributed by atoms with Gasteiger partial charge in [-0.1, -0.05) is 36.4 Å². The third-order valence-corrected chi connectivity index (χ3v) is 5.32. The van der Waals surface area contributed by atoms with Crippen LogP contribution in [-0.2, 0) is 0 Å². The number of nitrogens with zero attached hydrogens (tertiary/aromatic N) is 2. The van der Waals surface area contributed by atoms with Gasteiger partial charge in [0, 0.05) is 27.9 Å². The van der Waals surface area contributed by atoms with E-state index in [4.69, 9.17) is 9.47 Å². The zero-order valence-corrected chi connectivity index (χ0v) is 18.7. The third-order valence-electron chi connectivity index (χ3n) is 5.32. The first kappa shape index (κ1) is 21.4. The molecule has 1 unspecified atom stereocenters. The number of methoxy groups -OCH3 is 1. The third kappa shape index (κ3) is 4.17. The van der Waals surface area contributed by atoms with Crippen molar-refractivity contribution in [2.45, 2.75) is 26.8 Å². The van der Waals surface area contributed by atoms with E-state index in [1.54, 1.807) is 7.11 Å². The van der Waals surface area contributed by atoms with Crippen molar-refractivity contribution >= 4 is 16.7 Å². The van der Waals surface area contributed by atoms with E-state index in [2.05, 4.69) is 15.3 Å². The van der Waals surface area contributed by atoms with E-state index < -0.39 is 6.04 Å². The van der Waals surface area contributed by atoms with Crippen molar-refractivity contribution in [2.75, 3.05) is 19.0 Å². The smallest absolute Gasteiger partial charge is 0.166 e. The van der Waals surface area contributed by atoms with Crippen molar-refractivity contribution in [3.05, 3.63) is 83.2 Å². The van der Waals surface area contributed by atoms with Gasteiger partial charge in [-0.3, -0.25) is 0 Å². The fourth-order valence-corrected chi connectivity index (χ4v) is 3.86. The quantitative estimate of drug-likeness (QED) is 0.400. The molecule has 0 fully saturated rings. The van der Waals surface area contributed by atoms with Gasteiger partial charge in [0.25, 0.3) is 0 Å². The van der Waals surface area contributed by atoms with Crippen LogP contribution in [0.2, 0.25) is 0 Å². The molecule has 0 radical (unpaired) electrons. The molecule has 0 aliphatic carbocycles. The number of nitrogens with one attached hydrogen (secondary N) is 1. The molecule has 6 nitrogen and oxygen atoms in total. The highest BCUT2D eigenvalue weighted by Crippen LogP contribution is 2.42. The summed E-state index contributed by atoms with van der Waals surface area (Å²) in [6.07, 6.45) is 0. The van der Waals surface area contributed by atoms with Crippen LogP contribution in [0.4, 0.5) is 5.82 Å². The summed E-state index contributed by atoms with van der Waals surface area (Å²) in [5.41, 5.74) is 3.79. The first-order valence-electron chi connectivity index (χ1n) is 10.6. The lowest BCUT2D eigenvalue weighted by molar-refractivity contribution is 0.308. The number of phenols is 1. The summed E-state index contributed by atoms with van der Waals surface area (Å²) in [5, 5.41) is 15.6. The number of hydrogen-bond acceptors (Lipinski definition) is 6. The van der Waals surface area contributed by atoms with E-state index in [9.17, 15) is 5.11 Å². The Bertz CT molecular complexity index is 1260. The van der Waals surface area contributed by atoms with Crippen LogP contribution < -0.4 is 14.8 Å². The molecule has 2 aromatic carbocycles. The molecule has 2 heterocycles. The summed E-state index contributed by atoms with van der Waals surface area (Å²) in [6.45, 7) is 6.30. The minimum absolute atomic E-state index is 0.125. The number of ether oxygens (including phenoxy) is 2. The number of phenolic OH excluding ortho intramolecular Hbond substituents is 1. The highest BCUT2D eigenvalue weighted by molar-refractivity contribution is 5.86. The normalized spacial score (nSPS) is 11.9. The number of rotatable bonds is 7. The molecule has 4 rings (SSSR count). The van der Waals surface area contributed by atoms with Gasteiger partial charge in [0.2, 0.25) is 0 Å². The zero-order valence-electron chi connectivity index (χ0n) is 18.7. The maximum Gasteiger partial charge on any atom is 0.166 e. The lowest BCUT2D eigenvalue weighted by Gasteiger charge is -2.25. The number of para-hydroxylation sites is 1. The van der Waals surface area contributed by atoms with Gasteiger partial charge in [-0.2, -0.15) is 0 Å². The molecule has 0 saturated heterocycles. The van der Waals surface area contributed by atoms with E-state index in [0.29, 0.717) is 35.0 Å². The molecule has 32 heavy (non-hydrogen) atoms. The van der Waals surface area contributed by atoms with E-state index in [1.165, 1.54) is 0 Å². The van der Waals surface area contributed by atoms with Crippen LogP contribution in [0, 0.1) is 13.8 Å². The molecule has 4 aromatic rings. The Morgan fingerprint density at radius 3 is 2.41 bits per heavy atom. The summed E-state index contributed by atoms with van der Waals surface area (Å²) >= 11 is 0. The number of hydrogen-bond donors (Lipinski definition) is 2. The lowest BCUT2D eigenvalue weighted by Crippen LogP contribution is -2.15. The van der Waals surface area contributed by atoms with Gasteiger partial charge in [0.05, 0.1) is 19.8 Å². The number of anilines is 1.